The first-order valence-corrected chi connectivity index (χ1v) is 11.1. The number of amides is 3. The van der Waals surface area contributed by atoms with E-state index in [1.165, 1.54) is 4.88 Å². The number of anilines is 1. The zero-order chi connectivity index (χ0) is 22.3. The first-order chi connectivity index (χ1) is 15.6. The molecule has 4 N–H and O–H groups in total. The number of nitrogens with one attached hydrogen (secondary N) is 4. The van der Waals surface area contributed by atoms with Gasteiger partial charge >= 0.3 is 0 Å². The molecule has 0 saturated carbocycles. The summed E-state index contributed by atoms with van der Waals surface area (Å²) in [5.74, 6) is -1.01. The second kappa shape index (κ2) is 9.93. The third-order valence-corrected chi connectivity index (χ3v) is 5.88. The number of aryl methyl sites for hydroxylation is 1. The van der Waals surface area contributed by atoms with Gasteiger partial charge in [0.05, 0.1) is 5.56 Å². The Morgan fingerprint density at radius 3 is 2.59 bits per heavy atom. The number of H-pyrrole nitrogens is 1. The number of carbonyl (C=O) groups is 3. The molecule has 0 aliphatic heterocycles. The topological polar surface area (TPSA) is 103 Å². The van der Waals surface area contributed by atoms with Gasteiger partial charge in [-0.2, -0.15) is 0 Å². The molecule has 2 aromatic carbocycles. The van der Waals surface area contributed by atoms with Crippen LogP contribution in [-0.2, 0) is 11.2 Å². The first-order valence-electron chi connectivity index (χ1n) is 10.2. The van der Waals surface area contributed by atoms with Crippen LogP contribution in [0.2, 0.25) is 0 Å². The number of rotatable bonds is 7. The van der Waals surface area contributed by atoms with Crippen LogP contribution in [0.3, 0.4) is 0 Å². The molecule has 0 fully saturated rings. The average Bonchev–Trinajstić information content (AvgIpc) is 3.47. The van der Waals surface area contributed by atoms with E-state index < -0.39 is 11.8 Å². The summed E-state index contributed by atoms with van der Waals surface area (Å²) in [5.41, 5.74) is 6.97. The average molecular weight is 447 g/mol. The van der Waals surface area contributed by atoms with Crippen LogP contribution in [-0.4, -0.2) is 22.7 Å². The van der Waals surface area contributed by atoms with Crippen molar-refractivity contribution in [3.05, 3.63) is 88.2 Å². The Morgan fingerprint density at radius 2 is 1.75 bits per heavy atom. The molecule has 0 spiro atoms. The number of hydrogen-bond acceptors (Lipinski definition) is 4. The van der Waals surface area contributed by atoms with Crippen LogP contribution in [0.5, 0.6) is 0 Å². The maximum Gasteiger partial charge on any atom is 0.271 e. The first kappa shape index (κ1) is 21.3. The summed E-state index contributed by atoms with van der Waals surface area (Å²) < 4.78 is 0. The van der Waals surface area contributed by atoms with E-state index in [-0.39, 0.29) is 5.91 Å². The minimum absolute atomic E-state index is 0.105. The van der Waals surface area contributed by atoms with Crippen molar-refractivity contribution in [3.8, 4) is 0 Å². The predicted octanol–water partition coefficient (Wildman–Crippen LogP) is 4.27. The van der Waals surface area contributed by atoms with Gasteiger partial charge in [0, 0.05) is 39.6 Å². The second-order valence-corrected chi connectivity index (χ2v) is 8.25. The van der Waals surface area contributed by atoms with E-state index in [0.717, 1.165) is 23.7 Å². The van der Waals surface area contributed by atoms with Crippen molar-refractivity contribution in [2.75, 3.05) is 5.32 Å². The van der Waals surface area contributed by atoms with Crippen molar-refractivity contribution >= 4 is 45.6 Å². The van der Waals surface area contributed by atoms with Crippen molar-refractivity contribution in [1.29, 1.82) is 0 Å². The lowest BCUT2D eigenvalue weighted by molar-refractivity contribution is -0.116. The van der Waals surface area contributed by atoms with Gasteiger partial charge in [0.2, 0.25) is 5.91 Å². The van der Waals surface area contributed by atoms with Gasteiger partial charge in [-0.15, -0.1) is 11.3 Å². The van der Waals surface area contributed by atoms with Crippen molar-refractivity contribution in [2.45, 2.75) is 19.3 Å². The largest absolute Gasteiger partial charge is 0.360 e. The smallest absolute Gasteiger partial charge is 0.271 e. The highest BCUT2D eigenvalue weighted by molar-refractivity contribution is 7.09. The summed E-state index contributed by atoms with van der Waals surface area (Å²) in [4.78, 5) is 41.4. The predicted molar refractivity (Wildman–Crippen MR) is 126 cm³/mol. The molecule has 0 radical (unpaired) electrons. The quantitative estimate of drug-likeness (QED) is 0.319. The fourth-order valence-corrected chi connectivity index (χ4v) is 4.10. The lowest BCUT2D eigenvalue weighted by atomic mass is 10.1. The third kappa shape index (κ3) is 5.22. The van der Waals surface area contributed by atoms with Crippen LogP contribution < -0.4 is 16.2 Å². The molecular formula is C24H22N4O3S. The number of benzene rings is 2. The number of para-hydroxylation sites is 1. The minimum Gasteiger partial charge on any atom is -0.360 e. The monoisotopic (exact) mass is 446 g/mol. The van der Waals surface area contributed by atoms with Gasteiger partial charge in [0.15, 0.2) is 0 Å². The van der Waals surface area contributed by atoms with Gasteiger partial charge in [-0.1, -0.05) is 30.3 Å². The maximum atomic E-state index is 12.5. The summed E-state index contributed by atoms with van der Waals surface area (Å²) in [5, 5.41) is 5.61. The lowest BCUT2D eigenvalue weighted by Crippen LogP contribution is -2.41. The highest BCUT2D eigenvalue weighted by Crippen LogP contribution is 2.17. The van der Waals surface area contributed by atoms with Crippen molar-refractivity contribution in [2.24, 2.45) is 0 Å². The van der Waals surface area contributed by atoms with E-state index >= 15 is 0 Å². The Morgan fingerprint density at radius 1 is 0.906 bits per heavy atom. The molecular weight excluding hydrogens is 424 g/mol. The molecule has 2 heterocycles. The summed E-state index contributed by atoms with van der Waals surface area (Å²) in [7, 11) is 0. The van der Waals surface area contributed by atoms with Gasteiger partial charge in [-0.25, -0.2) is 0 Å². The molecule has 2 aromatic heterocycles. The molecule has 0 atom stereocenters. The molecule has 0 aliphatic carbocycles. The van der Waals surface area contributed by atoms with Crippen molar-refractivity contribution in [3.63, 3.8) is 0 Å². The number of hydrogen-bond donors (Lipinski definition) is 4. The molecule has 3 amide bonds. The fourth-order valence-electron chi connectivity index (χ4n) is 3.35. The minimum atomic E-state index is -0.480. The normalized spacial score (nSPS) is 10.6. The molecule has 7 nitrogen and oxygen atoms in total. The SMILES string of the molecule is O=C(CCCc1cccs1)Nc1cccc(C(=O)NNC(=O)c2c[nH]c3ccccc23)c1. The molecule has 0 unspecified atom stereocenters. The van der Waals surface area contributed by atoms with Crippen LogP contribution >= 0.6 is 11.3 Å². The molecule has 4 aromatic rings. The van der Waals surface area contributed by atoms with E-state index in [9.17, 15) is 14.4 Å². The number of aromatic amines is 1. The number of aromatic nitrogens is 1. The molecule has 0 aliphatic rings. The van der Waals surface area contributed by atoms with Crippen molar-refractivity contribution in [1.82, 2.24) is 15.8 Å². The van der Waals surface area contributed by atoms with Crippen molar-refractivity contribution < 1.29 is 14.4 Å². The number of hydrazine groups is 1. The van der Waals surface area contributed by atoms with E-state index in [2.05, 4.69) is 27.2 Å². The number of thiophene rings is 1. The summed E-state index contributed by atoms with van der Waals surface area (Å²) in [6.07, 6.45) is 3.62. The lowest BCUT2D eigenvalue weighted by Gasteiger charge is -2.09. The Hall–Kier alpha value is -3.91. The van der Waals surface area contributed by atoms with Gasteiger partial charge in [0.25, 0.3) is 11.8 Å². The maximum absolute atomic E-state index is 12.5. The Labute approximate surface area is 188 Å². The van der Waals surface area contributed by atoms with E-state index in [4.69, 9.17) is 0 Å². The Bertz CT molecular complexity index is 1250. The summed E-state index contributed by atoms with van der Waals surface area (Å²) in [6, 6.07) is 18.1. The van der Waals surface area contributed by atoms with Crippen LogP contribution in [0.4, 0.5) is 5.69 Å². The third-order valence-electron chi connectivity index (χ3n) is 4.94. The number of carbonyl (C=O) groups excluding carboxylic acids is 3. The highest BCUT2D eigenvalue weighted by Gasteiger charge is 2.14. The zero-order valence-corrected chi connectivity index (χ0v) is 18.0. The molecule has 162 valence electrons. The van der Waals surface area contributed by atoms with Gasteiger partial charge in [-0.05, 0) is 48.6 Å². The fraction of sp³-hybridized carbons (Fsp3) is 0.125. The van der Waals surface area contributed by atoms with E-state index in [1.807, 2.05) is 35.7 Å². The molecule has 0 saturated heterocycles. The van der Waals surface area contributed by atoms with Crippen LogP contribution in [0.25, 0.3) is 10.9 Å². The summed E-state index contributed by atoms with van der Waals surface area (Å²) in [6.45, 7) is 0. The van der Waals surface area contributed by atoms with Crippen LogP contribution in [0.15, 0.2) is 72.2 Å². The molecule has 32 heavy (non-hydrogen) atoms. The van der Waals surface area contributed by atoms with E-state index in [0.29, 0.717) is 23.2 Å². The van der Waals surface area contributed by atoms with Gasteiger partial charge in [-0.3, -0.25) is 25.2 Å². The number of fused-ring (bicyclic) bond motifs is 1. The molecule has 8 heteroatoms. The van der Waals surface area contributed by atoms with Crippen LogP contribution in [0, 0.1) is 0 Å². The highest BCUT2D eigenvalue weighted by atomic mass is 32.1. The Balaban J connectivity index is 1.29. The summed E-state index contributed by atoms with van der Waals surface area (Å²) >= 11 is 1.68. The zero-order valence-electron chi connectivity index (χ0n) is 17.2. The standard InChI is InChI=1S/C24H22N4O3S/c29-22(12-4-8-18-9-5-13-32-18)26-17-7-3-6-16(14-17)23(30)27-28-24(31)20-15-25-21-11-2-1-10-19(20)21/h1-3,5-7,9-11,13-15,25H,4,8,12H2,(H,26,29)(H,27,30)(H,28,31). The van der Waals surface area contributed by atoms with Gasteiger partial charge in [0.1, 0.15) is 0 Å². The second-order valence-electron chi connectivity index (χ2n) is 7.22. The van der Waals surface area contributed by atoms with Crippen LogP contribution in [0.1, 0.15) is 38.4 Å². The molecule has 4 rings (SSSR count). The molecule has 0 bridgehead atoms. The Kier molecular flexibility index (Phi) is 6.62. The van der Waals surface area contributed by atoms with E-state index in [1.54, 1.807) is 41.8 Å². The van der Waals surface area contributed by atoms with Gasteiger partial charge < -0.3 is 10.3 Å².